The zero-order valence-electron chi connectivity index (χ0n) is 21.4. The summed E-state index contributed by atoms with van der Waals surface area (Å²) in [6, 6.07) is 8.56. The number of hydrogen-bond donors (Lipinski definition) is 2. The fraction of sp³-hybridized carbons (Fsp3) is 0.333. The molecule has 6 rings (SSSR count). The second-order valence-corrected chi connectivity index (χ2v) is 10.7. The minimum absolute atomic E-state index is 0.0174. The lowest BCUT2D eigenvalue weighted by atomic mass is 9.89. The lowest BCUT2D eigenvalue weighted by molar-refractivity contribution is 0.0252. The molecule has 2 fully saturated rings. The molecule has 0 bridgehead atoms. The number of benzene rings is 2. The summed E-state index contributed by atoms with van der Waals surface area (Å²) < 4.78 is 62.4. The van der Waals surface area contributed by atoms with Gasteiger partial charge in [-0.25, -0.2) is 22.4 Å². The van der Waals surface area contributed by atoms with Gasteiger partial charge in [-0.2, -0.15) is 5.10 Å². The molecule has 2 N–H and O–H groups in total. The maximum absolute atomic E-state index is 15.1. The Labute approximate surface area is 236 Å². The van der Waals surface area contributed by atoms with Crippen LogP contribution in [0.5, 0.6) is 0 Å². The Morgan fingerprint density at radius 3 is 2.66 bits per heavy atom. The molecule has 2 amide bonds. The van der Waals surface area contributed by atoms with Crippen LogP contribution in [0.15, 0.2) is 42.6 Å². The van der Waals surface area contributed by atoms with Crippen molar-refractivity contribution in [3.8, 4) is 0 Å². The number of carbonyl (C=O) groups is 2. The quantitative estimate of drug-likeness (QED) is 0.410. The summed E-state index contributed by atoms with van der Waals surface area (Å²) in [7, 11) is 0. The molecule has 41 heavy (non-hydrogen) atoms. The van der Waals surface area contributed by atoms with Crippen LogP contribution in [-0.2, 0) is 16.9 Å². The van der Waals surface area contributed by atoms with E-state index in [0.717, 1.165) is 0 Å². The first-order valence-electron chi connectivity index (χ1n) is 12.8. The van der Waals surface area contributed by atoms with Crippen LogP contribution in [0.4, 0.5) is 39.5 Å². The summed E-state index contributed by atoms with van der Waals surface area (Å²) in [5.74, 6) is -4.38. The summed E-state index contributed by atoms with van der Waals surface area (Å²) in [6.07, 6.45) is 0.467. The molecule has 3 aromatic rings. The standard InChI is InChI=1S/C27H23ClF4N6O3/c28-17-2-3-19-22(23(17)30)26(41-25(40)35-19)5-7-38(13-26)21-10-16(12-34-36-21)24(39)33-11-15-1-4-20(18(29)9-15)37-8-6-27(31,32)14-37/h1-4,9-10,12H,5-8,11,13-14H2,(H,33,39)(H,35,40)/t26-/m1/s1. The number of alkyl halides is 2. The smallest absolute Gasteiger partial charge is 0.412 e. The second-order valence-electron chi connectivity index (χ2n) is 10.3. The van der Waals surface area contributed by atoms with Crippen LogP contribution in [0.1, 0.15) is 34.3 Å². The van der Waals surface area contributed by atoms with E-state index in [4.69, 9.17) is 16.3 Å². The number of nitrogens with zero attached hydrogens (tertiary/aromatic N) is 4. The van der Waals surface area contributed by atoms with Gasteiger partial charge >= 0.3 is 6.09 Å². The van der Waals surface area contributed by atoms with Gasteiger partial charge in [0, 0.05) is 32.5 Å². The minimum atomic E-state index is -2.85. The van der Waals surface area contributed by atoms with E-state index < -0.39 is 41.7 Å². The summed E-state index contributed by atoms with van der Waals surface area (Å²) in [5.41, 5.74) is -0.190. The van der Waals surface area contributed by atoms with Crippen LogP contribution in [0.2, 0.25) is 5.02 Å². The third-order valence-electron chi connectivity index (χ3n) is 7.51. The van der Waals surface area contributed by atoms with E-state index in [1.54, 1.807) is 11.0 Å². The Kier molecular flexibility index (Phi) is 6.63. The zero-order chi connectivity index (χ0) is 28.9. The number of carbonyl (C=O) groups excluding carboxylic acids is 2. The first-order valence-corrected chi connectivity index (χ1v) is 13.2. The highest BCUT2D eigenvalue weighted by molar-refractivity contribution is 6.31. The number of rotatable bonds is 5. The van der Waals surface area contributed by atoms with Crippen molar-refractivity contribution in [2.45, 2.75) is 30.9 Å². The Balaban J connectivity index is 1.14. The number of nitrogens with one attached hydrogen (secondary N) is 2. The lowest BCUT2D eigenvalue weighted by Crippen LogP contribution is -2.42. The molecule has 0 radical (unpaired) electrons. The number of ether oxygens (including phenoxy) is 1. The molecule has 2 aromatic carbocycles. The van der Waals surface area contributed by atoms with Gasteiger partial charge in [-0.1, -0.05) is 17.7 Å². The van der Waals surface area contributed by atoms with Crippen LogP contribution in [0.25, 0.3) is 0 Å². The molecule has 1 spiro atoms. The molecule has 2 saturated heterocycles. The van der Waals surface area contributed by atoms with E-state index in [2.05, 4.69) is 20.8 Å². The SMILES string of the molecule is O=C1Nc2ccc(Cl)c(F)c2[C@]2(CCN(c3cc(C(=O)NCc4ccc(N5CCC(F)(F)C5)c(F)c4)cnn3)C2)O1. The van der Waals surface area contributed by atoms with E-state index in [1.165, 1.54) is 41.4 Å². The molecule has 14 heteroatoms. The van der Waals surface area contributed by atoms with E-state index in [1.807, 2.05) is 0 Å². The molecule has 9 nitrogen and oxygen atoms in total. The highest BCUT2D eigenvalue weighted by atomic mass is 35.5. The average molecular weight is 591 g/mol. The van der Waals surface area contributed by atoms with E-state index in [0.29, 0.717) is 17.9 Å². The topological polar surface area (TPSA) is 99.7 Å². The van der Waals surface area contributed by atoms with Crippen molar-refractivity contribution in [3.63, 3.8) is 0 Å². The largest absolute Gasteiger partial charge is 0.436 e. The molecule has 4 heterocycles. The van der Waals surface area contributed by atoms with Crippen molar-refractivity contribution in [2.75, 3.05) is 41.3 Å². The summed E-state index contributed by atoms with van der Waals surface area (Å²) in [5, 5.41) is 13.1. The molecule has 3 aliphatic rings. The number of aromatic nitrogens is 2. The zero-order valence-corrected chi connectivity index (χ0v) is 22.2. The van der Waals surface area contributed by atoms with Crippen molar-refractivity contribution in [2.24, 2.45) is 0 Å². The third kappa shape index (κ3) is 5.09. The number of amides is 2. The van der Waals surface area contributed by atoms with Crippen LogP contribution in [-0.4, -0.2) is 54.3 Å². The molecule has 1 aromatic heterocycles. The monoisotopic (exact) mass is 590 g/mol. The van der Waals surface area contributed by atoms with Gasteiger partial charge in [0.2, 0.25) is 0 Å². The van der Waals surface area contributed by atoms with Gasteiger partial charge in [0.15, 0.2) is 17.2 Å². The number of anilines is 3. The Hall–Kier alpha value is -4.13. The van der Waals surface area contributed by atoms with Gasteiger partial charge in [0.1, 0.15) is 5.82 Å². The molecule has 0 aliphatic carbocycles. The number of hydrogen-bond acceptors (Lipinski definition) is 7. The maximum Gasteiger partial charge on any atom is 0.412 e. The molecule has 1 atom stereocenters. The first-order chi connectivity index (χ1) is 19.5. The summed E-state index contributed by atoms with van der Waals surface area (Å²) in [4.78, 5) is 28.2. The normalized spacial score (nSPS) is 21.0. The third-order valence-corrected chi connectivity index (χ3v) is 7.80. The van der Waals surface area contributed by atoms with Crippen molar-refractivity contribution >= 4 is 40.8 Å². The fourth-order valence-corrected chi connectivity index (χ4v) is 5.66. The predicted molar refractivity (Wildman–Crippen MR) is 141 cm³/mol. The van der Waals surface area contributed by atoms with Crippen molar-refractivity contribution in [3.05, 3.63) is 75.9 Å². The average Bonchev–Trinajstić information content (AvgIpc) is 3.52. The van der Waals surface area contributed by atoms with Crippen LogP contribution in [0, 0.1) is 11.6 Å². The Morgan fingerprint density at radius 2 is 1.90 bits per heavy atom. The van der Waals surface area contributed by atoms with E-state index >= 15 is 4.39 Å². The lowest BCUT2D eigenvalue weighted by Gasteiger charge is -2.35. The van der Waals surface area contributed by atoms with Gasteiger partial charge in [-0.15, -0.1) is 5.10 Å². The Bertz CT molecular complexity index is 1560. The van der Waals surface area contributed by atoms with Crippen molar-refractivity contribution in [1.82, 2.24) is 15.5 Å². The number of fused-ring (bicyclic) bond motifs is 2. The second kappa shape index (κ2) is 10.1. The summed E-state index contributed by atoms with van der Waals surface area (Å²) >= 11 is 6.01. The van der Waals surface area contributed by atoms with Crippen LogP contribution >= 0.6 is 11.6 Å². The molecule has 0 unspecified atom stereocenters. The van der Waals surface area contributed by atoms with Gasteiger partial charge in [0.05, 0.1) is 46.8 Å². The first kappa shape index (κ1) is 27.1. The Morgan fingerprint density at radius 1 is 1.10 bits per heavy atom. The van der Waals surface area contributed by atoms with Crippen molar-refractivity contribution < 1.29 is 31.9 Å². The molecule has 3 aliphatic heterocycles. The van der Waals surface area contributed by atoms with Crippen LogP contribution in [0.3, 0.4) is 0 Å². The molecule has 214 valence electrons. The minimum Gasteiger partial charge on any atom is -0.436 e. The van der Waals surface area contributed by atoms with E-state index in [9.17, 15) is 22.8 Å². The van der Waals surface area contributed by atoms with Crippen molar-refractivity contribution in [1.29, 1.82) is 0 Å². The van der Waals surface area contributed by atoms with Gasteiger partial charge in [0.25, 0.3) is 11.8 Å². The molecular weight excluding hydrogens is 568 g/mol. The fourth-order valence-electron chi connectivity index (χ4n) is 5.51. The summed E-state index contributed by atoms with van der Waals surface area (Å²) in [6.45, 7) is -0.115. The predicted octanol–water partition coefficient (Wildman–Crippen LogP) is 4.85. The molecular formula is C27H23ClF4N6O3. The van der Waals surface area contributed by atoms with E-state index in [-0.39, 0.29) is 60.0 Å². The van der Waals surface area contributed by atoms with Gasteiger partial charge < -0.3 is 19.9 Å². The van der Waals surface area contributed by atoms with Gasteiger partial charge in [-0.3, -0.25) is 10.1 Å². The maximum atomic E-state index is 15.1. The van der Waals surface area contributed by atoms with Gasteiger partial charge in [-0.05, 0) is 35.9 Å². The molecule has 0 saturated carbocycles. The number of halogens is 5. The highest BCUT2D eigenvalue weighted by Gasteiger charge is 2.50. The van der Waals surface area contributed by atoms with Crippen LogP contribution < -0.4 is 20.4 Å². The highest BCUT2D eigenvalue weighted by Crippen LogP contribution is 2.46.